The summed E-state index contributed by atoms with van der Waals surface area (Å²) in [5.41, 5.74) is 1.16. The maximum absolute atomic E-state index is 5.87. The van der Waals surface area contributed by atoms with Gasteiger partial charge in [0.1, 0.15) is 6.61 Å². The van der Waals surface area contributed by atoms with E-state index in [1.807, 2.05) is 29.6 Å². The largest absolute Gasteiger partial charge is 0.493 e. The smallest absolute Gasteiger partial charge is 0.162 e. The molecule has 0 aliphatic heterocycles. The Morgan fingerprint density at radius 3 is 2.76 bits per heavy atom. The van der Waals surface area contributed by atoms with E-state index in [1.165, 1.54) is 4.88 Å². The Balaban J connectivity index is 1.96. The second kappa shape index (κ2) is 8.67. The molecule has 5 heteroatoms. The van der Waals surface area contributed by atoms with Gasteiger partial charge in [0.2, 0.25) is 0 Å². The third-order valence-electron chi connectivity index (χ3n) is 2.99. The molecule has 0 radical (unpaired) electrons. The number of rotatable bonds is 9. The quantitative estimate of drug-likeness (QED) is 0.723. The van der Waals surface area contributed by atoms with E-state index in [2.05, 4.69) is 11.4 Å². The molecule has 21 heavy (non-hydrogen) atoms. The predicted octanol–water partition coefficient (Wildman–Crippen LogP) is 3.07. The normalized spacial score (nSPS) is 10.6. The molecule has 0 unspecified atom stereocenters. The van der Waals surface area contributed by atoms with E-state index in [0.717, 1.165) is 30.2 Å². The molecule has 114 valence electrons. The lowest BCUT2D eigenvalue weighted by Gasteiger charge is -2.12. The zero-order chi connectivity index (χ0) is 14.9. The van der Waals surface area contributed by atoms with Crippen LogP contribution in [0.2, 0.25) is 0 Å². The predicted molar refractivity (Wildman–Crippen MR) is 85.2 cm³/mol. The van der Waals surface area contributed by atoms with Gasteiger partial charge in [0.25, 0.3) is 0 Å². The number of thiophene rings is 1. The van der Waals surface area contributed by atoms with Crippen LogP contribution in [0.4, 0.5) is 0 Å². The fourth-order valence-corrected chi connectivity index (χ4v) is 2.51. The molecule has 2 rings (SSSR count). The molecule has 2 aromatic rings. The van der Waals surface area contributed by atoms with Gasteiger partial charge in [0.05, 0.1) is 13.7 Å². The van der Waals surface area contributed by atoms with Crippen LogP contribution in [0.25, 0.3) is 0 Å². The molecule has 4 nitrogen and oxygen atoms in total. The van der Waals surface area contributed by atoms with Crippen LogP contribution in [0, 0.1) is 0 Å². The number of hydrogen-bond donors (Lipinski definition) is 1. The zero-order valence-corrected chi connectivity index (χ0v) is 13.2. The molecule has 0 atom stereocenters. The molecule has 0 saturated carbocycles. The first-order valence-corrected chi connectivity index (χ1v) is 7.73. The van der Waals surface area contributed by atoms with Gasteiger partial charge in [-0.05, 0) is 29.1 Å². The number of hydrogen-bond acceptors (Lipinski definition) is 5. The summed E-state index contributed by atoms with van der Waals surface area (Å²) in [7, 11) is 3.36. The van der Waals surface area contributed by atoms with Gasteiger partial charge in [-0.25, -0.2) is 0 Å². The SMILES string of the molecule is COCCNCc1ccc(OC)c(OCc2cccs2)c1. The Labute approximate surface area is 129 Å². The fourth-order valence-electron chi connectivity index (χ4n) is 1.89. The van der Waals surface area contributed by atoms with Crippen molar-refractivity contribution in [3.05, 3.63) is 46.2 Å². The highest BCUT2D eigenvalue weighted by molar-refractivity contribution is 7.09. The third kappa shape index (κ3) is 5.04. The number of methoxy groups -OCH3 is 2. The van der Waals surface area contributed by atoms with Crippen molar-refractivity contribution in [3.63, 3.8) is 0 Å². The monoisotopic (exact) mass is 307 g/mol. The van der Waals surface area contributed by atoms with E-state index < -0.39 is 0 Å². The Bertz CT molecular complexity index is 528. The van der Waals surface area contributed by atoms with Crippen LogP contribution in [0.3, 0.4) is 0 Å². The minimum atomic E-state index is 0.564. The molecule has 0 bridgehead atoms. The summed E-state index contributed by atoms with van der Waals surface area (Å²) in [6.45, 7) is 2.88. The van der Waals surface area contributed by atoms with Crippen molar-refractivity contribution in [2.75, 3.05) is 27.4 Å². The summed E-state index contributed by atoms with van der Waals surface area (Å²) in [5.74, 6) is 1.53. The minimum Gasteiger partial charge on any atom is -0.493 e. The summed E-state index contributed by atoms with van der Waals surface area (Å²) < 4.78 is 16.2. The molecule has 1 N–H and O–H groups in total. The van der Waals surface area contributed by atoms with Gasteiger partial charge in [-0.15, -0.1) is 11.3 Å². The standard InChI is InChI=1S/C16H21NO3S/c1-18-8-7-17-11-13-5-6-15(19-2)16(10-13)20-12-14-4-3-9-21-14/h3-6,9-10,17H,7-8,11-12H2,1-2H3. The second-order valence-corrected chi connectivity index (χ2v) is 5.56. The van der Waals surface area contributed by atoms with Crippen LogP contribution in [-0.4, -0.2) is 27.4 Å². The van der Waals surface area contributed by atoms with Gasteiger partial charge in [-0.2, -0.15) is 0 Å². The van der Waals surface area contributed by atoms with Crippen LogP contribution in [0.1, 0.15) is 10.4 Å². The second-order valence-electron chi connectivity index (χ2n) is 4.52. The Kier molecular flexibility index (Phi) is 6.53. The highest BCUT2D eigenvalue weighted by Crippen LogP contribution is 2.29. The minimum absolute atomic E-state index is 0.564. The van der Waals surface area contributed by atoms with Crippen LogP contribution in [0.15, 0.2) is 35.7 Å². The van der Waals surface area contributed by atoms with E-state index >= 15 is 0 Å². The van der Waals surface area contributed by atoms with Crippen LogP contribution in [-0.2, 0) is 17.9 Å². The molecule has 0 saturated heterocycles. The van der Waals surface area contributed by atoms with Crippen molar-refractivity contribution in [3.8, 4) is 11.5 Å². The van der Waals surface area contributed by atoms with Gasteiger partial charge >= 0.3 is 0 Å². The highest BCUT2D eigenvalue weighted by Gasteiger charge is 2.06. The van der Waals surface area contributed by atoms with Crippen molar-refractivity contribution in [2.24, 2.45) is 0 Å². The van der Waals surface area contributed by atoms with E-state index in [0.29, 0.717) is 13.2 Å². The molecule has 1 aromatic heterocycles. The first kappa shape index (κ1) is 15.8. The first-order chi connectivity index (χ1) is 10.3. The average Bonchev–Trinajstić information content (AvgIpc) is 3.03. The average molecular weight is 307 g/mol. The molecule has 1 aromatic carbocycles. The van der Waals surface area contributed by atoms with Gasteiger partial charge in [-0.3, -0.25) is 0 Å². The maximum Gasteiger partial charge on any atom is 0.162 e. The van der Waals surface area contributed by atoms with Crippen LogP contribution >= 0.6 is 11.3 Å². The molecule has 0 aliphatic rings. The third-order valence-corrected chi connectivity index (χ3v) is 3.84. The summed E-state index contributed by atoms with van der Waals surface area (Å²) in [6, 6.07) is 10.1. The summed E-state index contributed by atoms with van der Waals surface area (Å²) in [4.78, 5) is 1.20. The van der Waals surface area contributed by atoms with Crippen molar-refractivity contribution < 1.29 is 14.2 Å². The zero-order valence-electron chi connectivity index (χ0n) is 12.4. The van der Waals surface area contributed by atoms with E-state index in [4.69, 9.17) is 14.2 Å². The molecular weight excluding hydrogens is 286 g/mol. The lowest BCUT2D eigenvalue weighted by molar-refractivity contribution is 0.199. The van der Waals surface area contributed by atoms with Gasteiger partial charge in [-0.1, -0.05) is 12.1 Å². The van der Waals surface area contributed by atoms with Gasteiger partial charge < -0.3 is 19.5 Å². The van der Waals surface area contributed by atoms with Gasteiger partial charge in [0.15, 0.2) is 11.5 Å². The fraction of sp³-hybridized carbons (Fsp3) is 0.375. The van der Waals surface area contributed by atoms with Crippen LogP contribution < -0.4 is 14.8 Å². The Morgan fingerprint density at radius 1 is 1.14 bits per heavy atom. The lowest BCUT2D eigenvalue weighted by Crippen LogP contribution is -2.18. The summed E-state index contributed by atoms with van der Waals surface area (Å²) >= 11 is 1.69. The first-order valence-electron chi connectivity index (χ1n) is 6.85. The number of nitrogens with one attached hydrogen (secondary N) is 1. The Hall–Kier alpha value is -1.56. The Morgan fingerprint density at radius 2 is 2.05 bits per heavy atom. The lowest BCUT2D eigenvalue weighted by atomic mass is 10.2. The molecule has 0 fully saturated rings. The van der Waals surface area contributed by atoms with E-state index in [-0.39, 0.29) is 0 Å². The molecule has 0 amide bonds. The van der Waals surface area contributed by atoms with E-state index in [9.17, 15) is 0 Å². The maximum atomic E-state index is 5.87. The highest BCUT2D eigenvalue weighted by atomic mass is 32.1. The number of benzene rings is 1. The molecule has 0 spiro atoms. The summed E-state index contributed by atoms with van der Waals surface area (Å²) in [6.07, 6.45) is 0. The van der Waals surface area contributed by atoms with Crippen LogP contribution in [0.5, 0.6) is 11.5 Å². The van der Waals surface area contributed by atoms with Crippen molar-refractivity contribution in [1.82, 2.24) is 5.32 Å². The van der Waals surface area contributed by atoms with Crippen molar-refractivity contribution >= 4 is 11.3 Å². The van der Waals surface area contributed by atoms with Crippen molar-refractivity contribution in [2.45, 2.75) is 13.2 Å². The summed E-state index contributed by atoms with van der Waals surface area (Å²) in [5, 5.41) is 5.37. The molecular formula is C16H21NO3S. The molecule has 1 heterocycles. The topological polar surface area (TPSA) is 39.7 Å². The van der Waals surface area contributed by atoms with E-state index in [1.54, 1.807) is 25.6 Å². The molecule has 0 aliphatic carbocycles. The van der Waals surface area contributed by atoms with Crippen molar-refractivity contribution in [1.29, 1.82) is 0 Å². The number of ether oxygens (including phenoxy) is 3. The van der Waals surface area contributed by atoms with Gasteiger partial charge in [0, 0.05) is 25.1 Å².